The fourth-order valence-corrected chi connectivity index (χ4v) is 4.16. The number of unbranched alkanes of at least 4 members (excludes halogenated alkanes) is 8. The molecule has 0 aliphatic rings. The van der Waals surface area contributed by atoms with Crippen LogP contribution in [0.15, 0.2) is 0 Å². The SMILES string of the molecule is CCCCCCCC(CCCCCCCC(=O)NCCCN(C)O)S(=O)(=O)O. The molecular weight excluding hydrogens is 380 g/mol. The minimum atomic E-state index is -3.95. The van der Waals surface area contributed by atoms with Gasteiger partial charge >= 0.3 is 0 Å². The molecule has 0 saturated heterocycles. The molecule has 28 heavy (non-hydrogen) atoms. The summed E-state index contributed by atoms with van der Waals surface area (Å²) in [7, 11) is -2.38. The van der Waals surface area contributed by atoms with Crippen LogP contribution < -0.4 is 5.32 Å². The second kappa shape index (κ2) is 17.2. The Balaban J connectivity index is 3.72. The Morgan fingerprint density at radius 3 is 2.00 bits per heavy atom. The van der Waals surface area contributed by atoms with Crippen molar-refractivity contribution in [1.29, 1.82) is 0 Å². The Labute approximate surface area is 172 Å². The number of carbonyl (C=O) groups excluding carboxylic acids is 1. The molecule has 8 heteroatoms. The summed E-state index contributed by atoms with van der Waals surface area (Å²) >= 11 is 0. The molecule has 0 rings (SSSR count). The normalized spacial score (nSPS) is 13.0. The lowest BCUT2D eigenvalue weighted by molar-refractivity contribution is -0.121. The highest BCUT2D eigenvalue weighted by Gasteiger charge is 2.21. The summed E-state index contributed by atoms with van der Waals surface area (Å²) in [6.45, 7) is 3.24. The van der Waals surface area contributed by atoms with Gasteiger partial charge in [-0.15, -0.1) is 0 Å². The van der Waals surface area contributed by atoms with Gasteiger partial charge in [0.2, 0.25) is 5.91 Å². The van der Waals surface area contributed by atoms with E-state index in [1.54, 1.807) is 7.05 Å². The summed E-state index contributed by atoms with van der Waals surface area (Å²) in [5.74, 6) is 0.0371. The number of nitrogens with one attached hydrogen (secondary N) is 1. The Morgan fingerprint density at radius 2 is 1.46 bits per heavy atom. The third-order valence-electron chi connectivity index (χ3n) is 4.96. The van der Waals surface area contributed by atoms with Crippen LogP contribution in [0.1, 0.15) is 96.8 Å². The average molecular weight is 423 g/mol. The van der Waals surface area contributed by atoms with Crippen molar-refractivity contribution >= 4 is 16.0 Å². The van der Waals surface area contributed by atoms with Crippen LogP contribution >= 0.6 is 0 Å². The summed E-state index contributed by atoms with van der Waals surface area (Å²) in [5.41, 5.74) is 0. The summed E-state index contributed by atoms with van der Waals surface area (Å²) in [5, 5.41) is 12.3. The van der Waals surface area contributed by atoms with Gasteiger partial charge in [0.15, 0.2) is 0 Å². The van der Waals surface area contributed by atoms with Gasteiger partial charge in [-0.05, 0) is 25.7 Å². The van der Waals surface area contributed by atoms with Crippen molar-refractivity contribution < 1.29 is 23.0 Å². The fraction of sp³-hybridized carbons (Fsp3) is 0.950. The summed E-state index contributed by atoms with van der Waals surface area (Å²) in [4.78, 5) is 11.7. The van der Waals surface area contributed by atoms with Crippen molar-refractivity contribution in [2.24, 2.45) is 0 Å². The monoisotopic (exact) mass is 422 g/mol. The van der Waals surface area contributed by atoms with Gasteiger partial charge in [-0.25, -0.2) is 0 Å². The van der Waals surface area contributed by atoms with Crippen molar-refractivity contribution in [3.8, 4) is 0 Å². The molecule has 1 atom stereocenters. The number of carbonyl (C=O) groups is 1. The van der Waals surface area contributed by atoms with E-state index in [4.69, 9.17) is 5.21 Å². The van der Waals surface area contributed by atoms with Crippen LogP contribution in [0.2, 0.25) is 0 Å². The quantitative estimate of drug-likeness (QED) is 0.164. The van der Waals surface area contributed by atoms with E-state index in [0.29, 0.717) is 38.8 Å². The molecule has 7 nitrogen and oxygen atoms in total. The van der Waals surface area contributed by atoms with E-state index in [0.717, 1.165) is 62.9 Å². The lowest BCUT2D eigenvalue weighted by Gasteiger charge is -2.13. The van der Waals surface area contributed by atoms with Gasteiger partial charge in [-0.1, -0.05) is 64.7 Å². The molecule has 1 unspecified atom stereocenters. The van der Waals surface area contributed by atoms with Gasteiger partial charge in [-0.3, -0.25) is 9.35 Å². The van der Waals surface area contributed by atoms with Gasteiger partial charge in [0.25, 0.3) is 10.1 Å². The zero-order valence-corrected chi connectivity index (χ0v) is 18.7. The number of hydroxylamine groups is 2. The van der Waals surface area contributed by atoms with Gasteiger partial charge < -0.3 is 10.5 Å². The Bertz CT molecular complexity index is 483. The highest BCUT2D eigenvalue weighted by Crippen LogP contribution is 2.19. The van der Waals surface area contributed by atoms with Crippen molar-refractivity contribution in [2.45, 2.75) is 102 Å². The summed E-state index contributed by atoms with van der Waals surface area (Å²) in [6, 6.07) is 0. The fourth-order valence-electron chi connectivity index (χ4n) is 3.23. The van der Waals surface area contributed by atoms with E-state index in [9.17, 15) is 17.8 Å². The summed E-state index contributed by atoms with van der Waals surface area (Å²) in [6.07, 6.45) is 12.1. The molecule has 0 aromatic heterocycles. The van der Waals surface area contributed by atoms with E-state index < -0.39 is 15.4 Å². The molecule has 0 saturated carbocycles. The third kappa shape index (κ3) is 17.4. The molecule has 0 aliphatic heterocycles. The standard InChI is InChI=1S/C20H42N2O5S/c1-3-4-5-7-10-14-19(28(25,26)27)15-11-8-6-9-12-16-20(23)21-17-13-18-22(2)24/h19,24H,3-18H2,1-2H3,(H,21,23)(H,25,26,27). The van der Waals surface area contributed by atoms with Crippen molar-refractivity contribution in [1.82, 2.24) is 10.4 Å². The second-order valence-electron chi connectivity index (χ2n) is 7.73. The first kappa shape index (κ1) is 27.3. The lowest BCUT2D eigenvalue weighted by Crippen LogP contribution is -2.26. The van der Waals surface area contributed by atoms with Crippen molar-refractivity contribution in [2.75, 3.05) is 20.1 Å². The number of hydrogen-bond acceptors (Lipinski definition) is 5. The summed E-state index contributed by atoms with van der Waals surface area (Å²) < 4.78 is 32.5. The van der Waals surface area contributed by atoms with Crippen LogP contribution in [0.25, 0.3) is 0 Å². The van der Waals surface area contributed by atoms with E-state index in [1.807, 2.05) is 0 Å². The number of amides is 1. The van der Waals surface area contributed by atoms with E-state index >= 15 is 0 Å². The largest absolute Gasteiger partial charge is 0.356 e. The molecule has 0 aromatic carbocycles. The van der Waals surface area contributed by atoms with Crippen molar-refractivity contribution in [3.05, 3.63) is 0 Å². The zero-order valence-electron chi connectivity index (χ0n) is 17.9. The van der Waals surface area contributed by atoms with Crippen molar-refractivity contribution in [3.63, 3.8) is 0 Å². The molecular formula is C20H42N2O5S. The number of rotatable bonds is 19. The van der Waals surface area contributed by atoms with Gasteiger partial charge in [-0.2, -0.15) is 13.5 Å². The Kier molecular flexibility index (Phi) is 16.8. The van der Waals surface area contributed by atoms with Gasteiger partial charge in [0.1, 0.15) is 0 Å². The molecule has 0 fully saturated rings. The van der Waals surface area contributed by atoms with Gasteiger partial charge in [0, 0.05) is 26.6 Å². The molecule has 0 heterocycles. The van der Waals surface area contributed by atoms with Gasteiger partial charge in [0.05, 0.1) is 5.25 Å². The minimum Gasteiger partial charge on any atom is -0.356 e. The first-order chi connectivity index (χ1) is 13.3. The van der Waals surface area contributed by atoms with Crippen LogP contribution in [-0.2, 0) is 14.9 Å². The molecule has 0 radical (unpaired) electrons. The van der Waals surface area contributed by atoms with Crippen LogP contribution in [0.4, 0.5) is 0 Å². The average Bonchev–Trinajstić information content (AvgIpc) is 2.61. The van der Waals surface area contributed by atoms with Crippen LogP contribution in [0.5, 0.6) is 0 Å². The molecule has 168 valence electrons. The highest BCUT2D eigenvalue weighted by molar-refractivity contribution is 7.86. The maximum absolute atomic E-state index is 11.7. The Morgan fingerprint density at radius 1 is 0.929 bits per heavy atom. The van der Waals surface area contributed by atoms with E-state index in [1.165, 1.54) is 6.42 Å². The molecule has 0 spiro atoms. The lowest BCUT2D eigenvalue weighted by atomic mass is 10.0. The van der Waals surface area contributed by atoms with Crippen LogP contribution in [-0.4, -0.2) is 54.5 Å². The van der Waals surface area contributed by atoms with Crippen LogP contribution in [0.3, 0.4) is 0 Å². The maximum Gasteiger partial charge on any atom is 0.267 e. The molecule has 1 amide bonds. The number of hydrogen-bond donors (Lipinski definition) is 3. The minimum absolute atomic E-state index is 0.0371. The number of nitrogens with zero attached hydrogens (tertiary/aromatic N) is 1. The highest BCUT2D eigenvalue weighted by atomic mass is 32.2. The third-order valence-corrected chi connectivity index (χ3v) is 6.28. The Hall–Kier alpha value is -0.700. The second-order valence-corrected chi connectivity index (χ2v) is 9.43. The molecule has 0 bridgehead atoms. The topological polar surface area (TPSA) is 107 Å². The molecule has 3 N–H and O–H groups in total. The molecule has 0 aliphatic carbocycles. The predicted octanol–water partition coefficient (Wildman–Crippen LogP) is 4.16. The van der Waals surface area contributed by atoms with E-state index in [-0.39, 0.29) is 5.91 Å². The first-order valence-electron chi connectivity index (χ1n) is 10.9. The predicted molar refractivity (Wildman–Crippen MR) is 113 cm³/mol. The first-order valence-corrected chi connectivity index (χ1v) is 12.4. The molecule has 0 aromatic rings. The maximum atomic E-state index is 11.7. The smallest absolute Gasteiger partial charge is 0.267 e. The van der Waals surface area contributed by atoms with Crippen LogP contribution in [0, 0.1) is 0 Å². The van der Waals surface area contributed by atoms with E-state index in [2.05, 4.69) is 12.2 Å². The zero-order chi connectivity index (χ0) is 21.3.